The Bertz CT molecular complexity index is 561. The van der Waals surface area contributed by atoms with Crippen molar-refractivity contribution in [3.63, 3.8) is 0 Å². The van der Waals surface area contributed by atoms with Gasteiger partial charge in [0.15, 0.2) is 0 Å². The number of carbonyl (C=O) groups excluding carboxylic acids is 1. The van der Waals surface area contributed by atoms with Crippen LogP contribution in [-0.4, -0.2) is 60.7 Å². The zero-order valence-electron chi connectivity index (χ0n) is 15.5. The minimum atomic E-state index is -0.231. The van der Waals surface area contributed by atoms with Crippen LogP contribution in [0.4, 0.5) is 0 Å². The number of rotatable bonds is 5. The van der Waals surface area contributed by atoms with E-state index in [9.17, 15) is 4.79 Å². The molecule has 0 aromatic carbocycles. The highest BCUT2D eigenvalue weighted by atomic mass is 16.5. The largest absolute Gasteiger partial charge is 0.444 e. The summed E-state index contributed by atoms with van der Waals surface area (Å²) in [5.41, 5.74) is 0.974. The molecule has 1 amide bonds. The molecular weight excluding hydrogens is 320 g/mol. The van der Waals surface area contributed by atoms with Crippen molar-refractivity contribution in [3.8, 4) is 0 Å². The highest BCUT2D eigenvalue weighted by Gasteiger charge is 2.29. The van der Waals surface area contributed by atoms with Gasteiger partial charge in [0.2, 0.25) is 11.8 Å². The van der Waals surface area contributed by atoms with Crippen LogP contribution in [0.5, 0.6) is 0 Å². The molecule has 0 aliphatic carbocycles. The molecule has 3 rings (SSSR count). The molecule has 0 saturated carbocycles. The number of piperidine rings is 1. The van der Waals surface area contributed by atoms with E-state index < -0.39 is 0 Å². The number of amides is 1. The Morgan fingerprint density at radius 3 is 2.76 bits per heavy atom. The van der Waals surface area contributed by atoms with Crippen molar-refractivity contribution in [2.45, 2.75) is 52.3 Å². The van der Waals surface area contributed by atoms with Crippen LogP contribution in [-0.2, 0) is 16.1 Å². The van der Waals surface area contributed by atoms with Gasteiger partial charge >= 0.3 is 0 Å². The van der Waals surface area contributed by atoms with E-state index in [0.29, 0.717) is 12.5 Å². The predicted octanol–water partition coefficient (Wildman–Crippen LogP) is 0.997. The molecule has 0 unspecified atom stereocenters. The Morgan fingerprint density at radius 2 is 2.12 bits per heavy atom. The van der Waals surface area contributed by atoms with E-state index in [0.717, 1.165) is 62.9 Å². The quantitative estimate of drug-likeness (QED) is 0.825. The van der Waals surface area contributed by atoms with Crippen LogP contribution in [0.15, 0.2) is 4.42 Å². The normalized spacial score (nSPS) is 25.9. The number of nitrogens with one attached hydrogen (secondary N) is 2. The predicted molar refractivity (Wildman–Crippen MR) is 94.2 cm³/mol. The number of oxazole rings is 1. The van der Waals surface area contributed by atoms with Gasteiger partial charge in [-0.15, -0.1) is 0 Å². The molecule has 7 heteroatoms. The van der Waals surface area contributed by atoms with Gasteiger partial charge in [0, 0.05) is 13.1 Å². The van der Waals surface area contributed by atoms with Crippen LogP contribution >= 0.6 is 0 Å². The van der Waals surface area contributed by atoms with Crippen LogP contribution in [0, 0.1) is 19.8 Å². The van der Waals surface area contributed by atoms with Gasteiger partial charge in [-0.05, 0) is 52.6 Å². The first-order valence-electron chi connectivity index (χ1n) is 9.31. The second kappa shape index (κ2) is 8.29. The van der Waals surface area contributed by atoms with Crippen LogP contribution < -0.4 is 10.6 Å². The molecule has 2 saturated heterocycles. The molecule has 2 fully saturated rings. The third-order valence-electron chi connectivity index (χ3n) is 5.30. The molecule has 0 spiro atoms. The molecule has 7 nitrogen and oxygen atoms in total. The molecule has 140 valence electrons. The lowest BCUT2D eigenvalue weighted by atomic mass is 9.96. The maximum atomic E-state index is 12.3. The Kier molecular flexibility index (Phi) is 6.09. The number of aromatic nitrogens is 1. The fourth-order valence-electron chi connectivity index (χ4n) is 3.53. The highest BCUT2D eigenvalue weighted by molar-refractivity contribution is 5.82. The van der Waals surface area contributed by atoms with E-state index in [-0.39, 0.29) is 18.1 Å². The summed E-state index contributed by atoms with van der Waals surface area (Å²) >= 11 is 0. The van der Waals surface area contributed by atoms with Crippen molar-refractivity contribution in [1.82, 2.24) is 20.5 Å². The van der Waals surface area contributed by atoms with E-state index in [1.54, 1.807) is 0 Å². The van der Waals surface area contributed by atoms with E-state index in [4.69, 9.17) is 9.15 Å². The summed E-state index contributed by atoms with van der Waals surface area (Å²) in [6, 6.07) is -0.231. The standard InChI is InChI=1S/C18H30N4O3/c1-12-13(2)25-16(21-12)11-22-7-4-15(5-8-22)10-20-18(23)17-14(3)24-9-6-19-17/h14-15,17,19H,4-11H2,1-3H3,(H,20,23)/t14-,17+/m1/s1. The van der Waals surface area contributed by atoms with E-state index in [2.05, 4.69) is 20.5 Å². The summed E-state index contributed by atoms with van der Waals surface area (Å²) in [5.74, 6) is 2.30. The molecular formula is C18H30N4O3. The summed E-state index contributed by atoms with van der Waals surface area (Å²) in [6.07, 6.45) is 2.11. The lowest BCUT2D eigenvalue weighted by Gasteiger charge is -2.32. The number of carbonyl (C=O) groups is 1. The first kappa shape index (κ1) is 18.4. The molecule has 25 heavy (non-hydrogen) atoms. The van der Waals surface area contributed by atoms with Gasteiger partial charge < -0.3 is 19.8 Å². The van der Waals surface area contributed by atoms with Crippen LogP contribution in [0.2, 0.25) is 0 Å². The minimum Gasteiger partial charge on any atom is -0.444 e. The Balaban J connectivity index is 1.38. The van der Waals surface area contributed by atoms with Crippen LogP contribution in [0.3, 0.4) is 0 Å². The number of aryl methyl sites for hydroxylation is 2. The van der Waals surface area contributed by atoms with Gasteiger partial charge in [-0.3, -0.25) is 9.69 Å². The van der Waals surface area contributed by atoms with Gasteiger partial charge in [-0.1, -0.05) is 0 Å². The third kappa shape index (κ3) is 4.80. The van der Waals surface area contributed by atoms with Crippen molar-refractivity contribution < 1.29 is 13.9 Å². The molecule has 3 heterocycles. The summed E-state index contributed by atoms with van der Waals surface area (Å²) in [7, 11) is 0. The monoisotopic (exact) mass is 350 g/mol. The van der Waals surface area contributed by atoms with Gasteiger partial charge in [0.25, 0.3) is 0 Å². The lowest BCUT2D eigenvalue weighted by Crippen LogP contribution is -2.56. The zero-order valence-corrected chi connectivity index (χ0v) is 15.5. The van der Waals surface area contributed by atoms with E-state index in [1.165, 1.54) is 0 Å². The summed E-state index contributed by atoms with van der Waals surface area (Å²) in [6.45, 7) is 10.8. The molecule has 1 aromatic rings. The summed E-state index contributed by atoms with van der Waals surface area (Å²) < 4.78 is 11.2. The van der Waals surface area contributed by atoms with Gasteiger partial charge in [-0.25, -0.2) is 4.98 Å². The number of hydrogen-bond donors (Lipinski definition) is 2. The second-order valence-electron chi connectivity index (χ2n) is 7.22. The molecule has 2 aliphatic rings. The fraction of sp³-hybridized carbons (Fsp3) is 0.778. The van der Waals surface area contributed by atoms with Gasteiger partial charge in [-0.2, -0.15) is 0 Å². The average Bonchev–Trinajstić information content (AvgIpc) is 2.92. The zero-order chi connectivity index (χ0) is 17.8. The number of ether oxygens (including phenoxy) is 1. The van der Waals surface area contributed by atoms with Crippen molar-refractivity contribution >= 4 is 5.91 Å². The van der Waals surface area contributed by atoms with Crippen molar-refractivity contribution in [3.05, 3.63) is 17.3 Å². The third-order valence-corrected chi connectivity index (χ3v) is 5.30. The van der Waals surface area contributed by atoms with E-state index >= 15 is 0 Å². The topological polar surface area (TPSA) is 79.6 Å². The Labute approximate surface area is 149 Å². The first-order valence-corrected chi connectivity index (χ1v) is 9.31. The van der Waals surface area contributed by atoms with E-state index in [1.807, 2.05) is 20.8 Å². The van der Waals surface area contributed by atoms with Crippen molar-refractivity contribution in [2.75, 3.05) is 32.8 Å². The molecule has 0 bridgehead atoms. The second-order valence-corrected chi connectivity index (χ2v) is 7.22. The first-order chi connectivity index (χ1) is 12.0. The summed E-state index contributed by atoms with van der Waals surface area (Å²) in [5, 5.41) is 6.33. The molecule has 0 radical (unpaired) electrons. The fourth-order valence-corrected chi connectivity index (χ4v) is 3.53. The molecule has 2 aliphatic heterocycles. The number of morpholine rings is 1. The smallest absolute Gasteiger partial charge is 0.239 e. The Hall–Kier alpha value is -1.44. The highest BCUT2D eigenvalue weighted by Crippen LogP contribution is 2.19. The van der Waals surface area contributed by atoms with Gasteiger partial charge in [0.05, 0.1) is 24.9 Å². The molecule has 2 N–H and O–H groups in total. The number of likely N-dealkylation sites (tertiary alicyclic amines) is 1. The maximum Gasteiger partial charge on any atom is 0.239 e. The van der Waals surface area contributed by atoms with Crippen molar-refractivity contribution in [2.24, 2.45) is 5.92 Å². The van der Waals surface area contributed by atoms with Crippen LogP contribution in [0.1, 0.15) is 37.1 Å². The molecule has 1 aromatic heterocycles. The summed E-state index contributed by atoms with van der Waals surface area (Å²) in [4.78, 5) is 19.1. The maximum absolute atomic E-state index is 12.3. The average molecular weight is 350 g/mol. The number of hydrogen-bond acceptors (Lipinski definition) is 6. The Morgan fingerprint density at radius 1 is 1.36 bits per heavy atom. The van der Waals surface area contributed by atoms with Crippen LogP contribution in [0.25, 0.3) is 0 Å². The van der Waals surface area contributed by atoms with Crippen molar-refractivity contribution in [1.29, 1.82) is 0 Å². The number of nitrogens with zero attached hydrogens (tertiary/aromatic N) is 2. The lowest BCUT2D eigenvalue weighted by molar-refractivity contribution is -0.129. The SMILES string of the molecule is Cc1nc(CN2CCC(CNC(=O)[C@H]3NCCO[C@@H]3C)CC2)oc1C. The van der Waals surface area contributed by atoms with Gasteiger partial charge in [0.1, 0.15) is 11.8 Å². The minimum absolute atomic E-state index is 0.0559. The molecule has 2 atom stereocenters.